The van der Waals surface area contributed by atoms with Gasteiger partial charge >= 0.3 is 11.9 Å². The van der Waals surface area contributed by atoms with Gasteiger partial charge in [-0.25, -0.2) is 0 Å². The van der Waals surface area contributed by atoms with Crippen LogP contribution in [0.1, 0.15) is 78.6 Å². The Morgan fingerprint density at radius 3 is 2.13 bits per heavy atom. The molecular formula is C19H34O4. The molecule has 0 spiro atoms. The van der Waals surface area contributed by atoms with Crippen molar-refractivity contribution in [1.82, 2.24) is 0 Å². The maximum absolute atomic E-state index is 12.3. The lowest BCUT2D eigenvalue weighted by Gasteiger charge is -2.28. The van der Waals surface area contributed by atoms with E-state index in [0.717, 1.165) is 44.9 Å². The van der Waals surface area contributed by atoms with E-state index >= 15 is 0 Å². The fourth-order valence-electron chi connectivity index (χ4n) is 2.95. The zero-order chi connectivity index (χ0) is 17.1. The van der Waals surface area contributed by atoms with Crippen molar-refractivity contribution in [3.8, 4) is 0 Å². The number of hydrogen-bond acceptors (Lipinski definition) is 4. The van der Waals surface area contributed by atoms with Gasteiger partial charge in [-0.3, -0.25) is 9.59 Å². The molecule has 1 aliphatic rings. The number of ether oxygens (including phenoxy) is 2. The van der Waals surface area contributed by atoms with Gasteiger partial charge in [0.15, 0.2) is 0 Å². The Balaban J connectivity index is 2.43. The first-order valence-corrected chi connectivity index (χ1v) is 9.43. The average molecular weight is 326 g/mol. The molecule has 0 radical (unpaired) electrons. The van der Waals surface area contributed by atoms with Crippen LogP contribution in [0, 0.1) is 17.8 Å². The van der Waals surface area contributed by atoms with Crippen LogP contribution in [0.5, 0.6) is 0 Å². The average Bonchev–Trinajstić information content (AvgIpc) is 2.58. The standard InChI is InChI=1S/C19H34O4/c1-4-6-7-10-13-22-18(20)16-11-8-9-12-17(16)19(21)23-14-15(3)5-2/h15-17H,4-14H2,1-3H3. The first kappa shape index (κ1) is 20.0. The molecule has 0 aliphatic heterocycles. The summed E-state index contributed by atoms with van der Waals surface area (Å²) in [6.07, 6.45) is 8.80. The van der Waals surface area contributed by atoms with Crippen LogP contribution in [-0.2, 0) is 19.1 Å². The molecule has 4 nitrogen and oxygen atoms in total. The lowest BCUT2D eigenvalue weighted by Crippen LogP contribution is -2.35. The Hall–Kier alpha value is -1.06. The van der Waals surface area contributed by atoms with E-state index in [0.29, 0.717) is 19.1 Å². The highest BCUT2D eigenvalue weighted by Crippen LogP contribution is 2.32. The normalized spacial score (nSPS) is 22.4. The van der Waals surface area contributed by atoms with Gasteiger partial charge in [0.25, 0.3) is 0 Å². The lowest BCUT2D eigenvalue weighted by molar-refractivity contribution is -0.163. The van der Waals surface area contributed by atoms with Crippen molar-refractivity contribution in [2.45, 2.75) is 78.6 Å². The summed E-state index contributed by atoms with van der Waals surface area (Å²) in [7, 11) is 0. The molecule has 0 heterocycles. The summed E-state index contributed by atoms with van der Waals surface area (Å²) in [5.74, 6) is -0.661. The van der Waals surface area contributed by atoms with E-state index in [4.69, 9.17) is 9.47 Å². The Bertz CT molecular complexity index is 353. The minimum absolute atomic E-state index is 0.202. The second-order valence-corrected chi connectivity index (χ2v) is 6.87. The molecule has 3 unspecified atom stereocenters. The van der Waals surface area contributed by atoms with Crippen LogP contribution >= 0.6 is 0 Å². The molecule has 0 amide bonds. The van der Waals surface area contributed by atoms with Gasteiger partial charge in [-0.15, -0.1) is 0 Å². The third kappa shape index (κ3) is 7.36. The van der Waals surface area contributed by atoms with Crippen LogP contribution in [0.15, 0.2) is 0 Å². The van der Waals surface area contributed by atoms with Gasteiger partial charge in [0.05, 0.1) is 25.0 Å². The smallest absolute Gasteiger partial charge is 0.309 e. The van der Waals surface area contributed by atoms with Crippen molar-refractivity contribution in [2.24, 2.45) is 17.8 Å². The maximum Gasteiger partial charge on any atom is 0.309 e. The molecule has 1 rings (SSSR count). The zero-order valence-electron chi connectivity index (χ0n) is 15.1. The SMILES string of the molecule is CCCCCCOC(=O)C1CCCCC1C(=O)OCC(C)CC. The molecule has 1 saturated carbocycles. The number of hydrogen-bond donors (Lipinski definition) is 0. The van der Waals surface area contributed by atoms with Crippen LogP contribution in [0.4, 0.5) is 0 Å². The molecule has 4 heteroatoms. The molecule has 0 aromatic rings. The zero-order valence-corrected chi connectivity index (χ0v) is 15.1. The number of unbranched alkanes of at least 4 members (excludes halogenated alkanes) is 3. The minimum Gasteiger partial charge on any atom is -0.465 e. The van der Waals surface area contributed by atoms with E-state index in [1.807, 2.05) is 0 Å². The Labute approximate surface area is 141 Å². The van der Waals surface area contributed by atoms with Crippen molar-refractivity contribution in [3.63, 3.8) is 0 Å². The van der Waals surface area contributed by atoms with Gasteiger partial charge in [-0.05, 0) is 25.2 Å². The molecule has 0 aromatic carbocycles. The fourth-order valence-corrected chi connectivity index (χ4v) is 2.95. The first-order valence-electron chi connectivity index (χ1n) is 9.43. The van der Waals surface area contributed by atoms with Crippen LogP contribution in [0.3, 0.4) is 0 Å². The van der Waals surface area contributed by atoms with Gasteiger partial charge < -0.3 is 9.47 Å². The van der Waals surface area contributed by atoms with E-state index in [9.17, 15) is 9.59 Å². The third-order valence-electron chi connectivity index (χ3n) is 4.82. The molecule has 3 atom stereocenters. The van der Waals surface area contributed by atoms with E-state index in [2.05, 4.69) is 20.8 Å². The Morgan fingerprint density at radius 2 is 1.57 bits per heavy atom. The fraction of sp³-hybridized carbons (Fsp3) is 0.895. The van der Waals surface area contributed by atoms with Gasteiger partial charge in [-0.1, -0.05) is 59.3 Å². The Morgan fingerprint density at radius 1 is 0.957 bits per heavy atom. The van der Waals surface area contributed by atoms with Crippen LogP contribution in [-0.4, -0.2) is 25.2 Å². The summed E-state index contributed by atoms with van der Waals surface area (Å²) in [5.41, 5.74) is 0. The third-order valence-corrected chi connectivity index (χ3v) is 4.82. The summed E-state index contributed by atoms with van der Waals surface area (Å²) >= 11 is 0. The number of carbonyl (C=O) groups is 2. The molecule has 0 N–H and O–H groups in total. The van der Waals surface area contributed by atoms with Gasteiger partial charge in [0, 0.05) is 0 Å². The van der Waals surface area contributed by atoms with E-state index < -0.39 is 0 Å². The Kier molecular flexibility index (Phi) is 9.97. The van der Waals surface area contributed by atoms with Crippen molar-refractivity contribution >= 4 is 11.9 Å². The maximum atomic E-state index is 12.3. The summed E-state index contributed by atoms with van der Waals surface area (Å²) in [6, 6.07) is 0. The predicted molar refractivity (Wildman–Crippen MR) is 91.0 cm³/mol. The first-order chi connectivity index (χ1) is 11.1. The second kappa shape index (κ2) is 11.5. The monoisotopic (exact) mass is 326 g/mol. The summed E-state index contributed by atoms with van der Waals surface area (Å²) in [4.78, 5) is 24.6. The van der Waals surface area contributed by atoms with E-state index in [1.165, 1.54) is 12.8 Å². The number of esters is 2. The van der Waals surface area contributed by atoms with Gasteiger partial charge in [0.2, 0.25) is 0 Å². The quantitative estimate of drug-likeness (QED) is 0.438. The molecule has 0 saturated heterocycles. The number of rotatable bonds is 10. The highest BCUT2D eigenvalue weighted by Gasteiger charge is 2.37. The van der Waals surface area contributed by atoms with Gasteiger partial charge in [-0.2, -0.15) is 0 Å². The van der Waals surface area contributed by atoms with Crippen molar-refractivity contribution in [1.29, 1.82) is 0 Å². The lowest BCUT2D eigenvalue weighted by atomic mass is 9.79. The molecule has 134 valence electrons. The van der Waals surface area contributed by atoms with Gasteiger partial charge in [0.1, 0.15) is 0 Å². The molecule has 1 fully saturated rings. The topological polar surface area (TPSA) is 52.6 Å². The number of carbonyl (C=O) groups excluding carboxylic acids is 2. The summed E-state index contributed by atoms with van der Waals surface area (Å²) < 4.78 is 10.8. The molecule has 0 aromatic heterocycles. The molecular weight excluding hydrogens is 292 g/mol. The summed E-state index contributed by atoms with van der Waals surface area (Å²) in [5, 5.41) is 0. The molecule has 23 heavy (non-hydrogen) atoms. The molecule has 1 aliphatic carbocycles. The van der Waals surface area contributed by atoms with Crippen LogP contribution in [0.25, 0.3) is 0 Å². The minimum atomic E-state index is -0.309. The van der Waals surface area contributed by atoms with Crippen LogP contribution in [0.2, 0.25) is 0 Å². The highest BCUT2D eigenvalue weighted by atomic mass is 16.5. The second-order valence-electron chi connectivity index (χ2n) is 6.87. The molecule has 0 bridgehead atoms. The van der Waals surface area contributed by atoms with Crippen LogP contribution < -0.4 is 0 Å². The van der Waals surface area contributed by atoms with Crippen molar-refractivity contribution in [3.05, 3.63) is 0 Å². The van der Waals surface area contributed by atoms with Crippen molar-refractivity contribution in [2.75, 3.05) is 13.2 Å². The largest absolute Gasteiger partial charge is 0.465 e. The van der Waals surface area contributed by atoms with E-state index in [-0.39, 0.29) is 23.8 Å². The van der Waals surface area contributed by atoms with E-state index in [1.54, 1.807) is 0 Å². The van der Waals surface area contributed by atoms with Crippen molar-refractivity contribution < 1.29 is 19.1 Å². The highest BCUT2D eigenvalue weighted by molar-refractivity contribution is 5.82. The summed E-state index contributed by atoms with van der Waals surface area (Å²) in [6.45, 7) is 7.23. The predicted octanol–water partition coefficient (Wildman–Crippen LogP) is 4.51.